The largest absolute Gasteiger partial charge is 0.478 e. The third-order valence-electron chi connectivity index (χ3n) is 2.74. The molecule has 0 aliphatic carbocycles. The van der Waals surface area contributed by atoms with Gasteiger partial charge in [-0.15, -0.1) is 11.3 Å². The van der Waals surface area contributed by atoms with Gasteiger partial charge in [-0.25, -0.2) is 4.79 Å². The molecule has 0 bridgehead atoms. The number of rotatable bonds is 5. The highest BCUT2D eigenvalue weighted by Crippen LogP contribution is 2.17. The van der Waals surface area contributed by atoms with Crippen LogP contribution in [0.4, 0.5) is 5.69 Å². The zero-order valence-electron chi connectivity index (χ0n) is 10.8. The molecule has 104 valence electrons. The SMILES string of the molecule is CNC(=O)c1ccc(NCc2cc(C(=O)O)cs2)cc1. The van der Waals surface area contributed by atoms with E-state index in [9.17, 15) is 9.59 Å². The van der Waals surface area contributed by atoms with Crippen LogP contribution in [-0.4, -0.2) is 24.0 Å². The predicted octanol–water partition coefficient (Wildman–Crippen LogP) is 2.42. The Morgan fingerprint density at radius 3 is 2.45 bits per heavy atom. The fourth-order valence-corrected chi connectivity index (χ4v) is 2.46. The molecule has 0 atom stereocenters. The van der Waals surface area contributed by atoms with Crippen molar-refractivity contribution < 1.29 is 14.7 Å². The Labute approximate surface area is 120 Å². The number of hydrogen-bond acceptors (Lipinski definition) is 4. The quantitative estimate of drug-likeness (QED) is 0.790. The van der Waals surface area contributed by atoms with Crippen LogP contribution in [0.15, 0.2) is 35.7 Å². The molecule has 0 fully saturated rings. The van der Waals surface area contributed by atoms with Crippen molar-refractivity contribution >= 4 is 28.9 Å². The van der Waals surface area contributed by atoms with Crippen LogP contribution >= 0.6 is 11.3 Å². The van der Waals surface area contributed by atoms with E-state index in [0.29, 0.717) is 17.7 Å². The van der Waals surface area contributed by atoms with Crippen LogP contribution < -0.4 is 10.6 Å². The first-order chi connectivity index (χ1) is 9.60. The van der Waals surface area contributed by atoms with Crippen molar-refractivity contribution in [2.45, 2.75) is 6.54 Å². The van der Waals surface area contributed by atoms with Gasteiger partial charge in [-0.2, -0.15) is 0 Å². The predicted molar refractivity (Wildman–Crippen MR) is 78.4 cm³/mol. The van der Waals surface area contributed by atoms with Crippen LogP contribution in [0, 0.1) is 0 Å². The van der Waals surface area contributed by atoms with Gasteiger partial charge in [-0.05, 0) is 30.3 Å². The molecule has 0 aliphatic rings. The van der Waals surface area contributed by atoms with Crippen molar-refractivity contribution in [2.75, 3.05) is 12.4 Å². The molecule has 1 amide bonds. The minimum Gasteiger partial charge on any atom is -0.478 e. The molecule has 0 unspecified atom stereocenters. The summed E-state index contributed by atoms with van der Waals surface area (Å²) in [6.45, 7) is 0.553. The summed E-state index contributed by atoms with van der Waals surface area (Å²) >= 11 is 1.40. The summed E-state index contributed by atoms with van der Waals surface area (Å²) in [7, 11) is 1.59. The van der Waals surface area contributed by atoms with Crippen molar-refractivity contribution in [3.8, 4) is 0 Å². The van der Waals surface area contributed by atoms with Crippen molar-refractivity contribution in [1.82, 2.24) is 5.32 Å². The van der Waals surface area contributed by atoms with Crippen molar-refractivity contribution in [3.63, 3.8) is 0 Å². The topological polar surface area (TPSA) is 78.4 Å². The van der Waals surface area contributed by atoms with E-state index in [0.717, 1.165) is 10.6 Å². The summed E-state index contributed by atoms with van der Waals surface area (Å²) in [4.78, 5) is 23.1. The van der Waals surface area contributed by atoms with Gasteiger partial charge in [0.2, 0.25) is 0 Å². The lowest BCUT2D eigenvalue weighted by atomic mass is 10.2. The molecule has 0 spiro atoms. The highest BCUT2D eigenvalue weighted by Gasteiger charge is 2.06. The molecule has 5 nitrogen and oxygen atoms in total. The van der Waals surface area contributed by atoms with Crippen LogP contribution in [-0.2, 0) is 6.54 Å². The second kappa shape index (κ2) is 6.21. The fourth-order valence-electron chi connectivity index (χ4n) is 1.66. The van der Waals surface area contributed by atoms with E-state index in [-0.39, 0.29) is 5.91 Å². The van der Waals surface area contributed by atoms with Crippen LogP contribution in [0.25, 0.3) is 0 Å². The van der Waals surface area contributed by atoms with E-state index < -0.39 is 5.97 Å². The first-order valence-corrected chi connectivity index (χ1v) is 6.85. The maximum Gasteiger partial charge on any atom is 0.336 e. The van der Waals surface area contributed by atoms with E-state index in [1.165, 1.54) is 11.3 Å². The van der Waals surface area contributed by atoms with E-state index >= 15 is 0 Å². The van der Waals surface area contributed by atoms with Crippen molar-refractivity contribution in [2.24, 2.45) is 0 Å². The van der Waals surface area contributed by atoms with Crippen LogP contribution in [0.1, 0.15) is 25.6 Å². The highest BCUT2D eigenvalue weighted by atomic mass is 32.1. The second-order valence-electron chi connectivity index (χ2n) is 4.12. The second-order valence-corrected chi connectivity index (χ2v) is 5.11. The molecule has 1 aromatic carbocycles. The fraction of sp³-hybridized carbons (Fsp3) is 0.143. The summed E-state index contributed by atoms with van der Waals surface area (Å²) in [5, 5.41) is 16.2. The lowest BCUT2D eigenvalue weighted by Crippen LogP contribution is -2.17. The number of benzene rings is 1. The number of aromatic carboxylic acids is 1. The molecular weight excluding hydrogens is 276 g/mol. The van der Waals surface area contributed by atoms with Gasteiger partial charge < -0.3 is 15.7 Å². The number of nitrogens with one attached hydrogen (secondary N) is 2. The number of anilines is 1. The van der Waals surface area contributed by atoms with Gasteiger partial charge in [0.25, 0.3) is 5.91 Å². The molecule has 0 saturated heterocycles. The van der Waals surface area contributed by atoms with E-state index in [4.69, 9.17) is 5.11 Å². The zero-order valence-corrected chi connectivity index (χ0v) is 11.7. The molecular formula is C14H14N2O3S. The Balaban J connectivity index is 1.96. The van der Waals surface area contributed by atoms with E-state index in [1.807, 2.05) is 12.1 Å². The molecule has 1 heterocycles. The Kier molecular flexibility index (Phi) is 4.37. The Morgan fingerprint density at radius 2 is 1.90 bits per heavy atom. The number of carbonyl (C=O) groups is 2. The third kappa shape index (κ3) is 3.36. The smallest absolute Gasteiger partial charge is 0.336 e. The molecule has 3 N–H and O–H groups in total. The normalized spacial score (nSPS) is 10.1. The van der Waals surface area contributed by atoms with Crippen LogP contribution in [0.3, 0.4) is 0 Å². The monoisotopic (exact) mass is 290 g/mol. The summed E-state index contributed by atoms with van der Waals surface area (Å²) in [5.41, 5.74) is 1.78. The van der Waals surface area contributed by atoms with Gasteiger partial charge in [0.1, 0.15) is 0 Å². The first-order valence-electron chi connectivity index (χ1n) is 5.97. The van der Waals surface area contributed by atoms with Crippen molar-refractivity contribution in [1.29, 1.82) is 0 Å². The maximum atomic E-state index is 11.4. The molecule has 2 aromatic rings. The lowest BCUT2D eigenvalue weighted by molar-refractivity contribution is 0.0697. The number of carboxylic acids is 1. The average molecular weight is 290 g/mol. The lowest BCUT2D eigenvalue weighted by Gasteiger charge is -2.05. The number of thiophene rings is 1. The minimum atomic E-state index is -0.914. The summed E-state index contributed by atoms with van der Waals surface area (Å²) in [5.74, 6) is -1.04. The Hall–Kier alpha value is -2.34. The van der Waals surface area contributed by atoms with E-state index in [1.54, 1.807) is 30.6 Å². The summed E-state index contributed by atoms with van der Waals surface area (Å²) < 4.78 is 0. The van der Waals surface area contributed by atoms with Gasteiger partial charge in [0, 0.05) is 35.1 Å². The van der Waals surface area contributed by atoms with Gasteiger partial charge in [0.05, 0.1) is 5.56 Å². The molecule has 20 heavy (non-hydrogen) atoms. The van der Waals surface area contributed by atoms with Crippen LogP contribution in [0.2, 0.25) is 0 Å². The molecule has 0 aliphatic heterocycles. The van der Waals surface area contributed by atoms with Gasteiger partial charge in [0.15, 0.2) is 0 Å². The van der Waals surface area contributed by atoms with Gasteiger partial charge >= 0.3 is 5.97 Å². The first kappa shape index (κ1) is 14.1. The average Bonchev–Trinajstić information content (AvgIpc) is 2.94. The van der Waals surface area contributed by atoms with Crippen molar-refractivity contribution in [3.05, 3.63) is 51.7 Å². The highest BCUT2D eigenvalue weighted by molar-refractivity contribution is 7.10. The molecule has 2 rings (SSSR count). The zero-order chi connectivity index (χ0) is 14.5. The Bertz CT molecular complexity index is 620. The molecule has 0 saturated carbocycles. The standard InChI is InChI=1S/C14H14N2O3S/c1-15-13(17)9-2-4-11(5-3-9)16-7-12-6-10(8-20-12)14(18)19/h2-6,8,16H,7H2,1H3,(H,15,17)(H,18,19). The van der Waals surface area contributed by atoms with Gasteiger partial charge in [-0.1, -0.05) is 0 Å². The molecule has 6 heteroatoms. The van der Waals surface area contributed by atoms with Gasteiger partial charge in [-0.3, -0.25) is 4.79 Å². The Morgan fingerprint density at radius 1 is 1.20 bits per heavy atom. The third-order valence-corrected chi connectivity index (χ3v) is 3.68. The summed E-state index contributed by atoms with van der Waals surface area (Å²) in [6, 6.07) is 8.75. The minimum absolute atomic E-state index is 0.124. The van der Waals surface area contributed by atoms with Crippen LogP contribution in [0.5, 0.6) is 0 Å². The number of carbonyl (C=O) groups excluding carboxylic acids is 1. The molecule has 0 radical (unpaired) electrons. The maximum absolute atomic E-state index is 11.4. The van der Waals surface area contributed by atoms with E-state index in [2.05, 4.69) is 10.6 Å². The number of hydrogen-bond donors (Lipinski definition) is 3. The number of carboxylic acid groups (broad SMARTS) is 1. The summed E-state index contributed by atoms with van der Waals surface area (Å²) in [6.07, 6.45) is 0. The number of amides is 1. The molecule has 1 aromatic heterocycles.